The largest absolute Gasteiger partial charge is 0.484 e. The highest BCUT2D eigenvalue weighted by Gasteiger charge is 2.37. The smallest absolute Gasteiger partial charge is 0.277 e. The second kappa shape index (κ2) is 5.45. The molecule has 1 saturated carbocycles. The summed E-state index contributed by atoms with van der Waals surface area (Å²) in [7, 11) is 0. The number of carbonyl (C=O) groups is 1. The number of hydrazone groups is 1. The minimum atomic E-state index is -0.391. The summed E-state index contributed by atoms with van der Waals surface area (Å²) in [5.74, 6) is 0.679. The number of fused-ring (bicyclic) bond motifs is 1. The molecule has 1 N–H and O–H groups in total. The first kappa shape index (κ1) is 12.8. The average molecular weight is 274 g/mol. The molecule has 4 nitrogen and oxygen atoms in total. The summed E-state index contributed by atoms with van der Waals surface area (Å²) in [6.45, 7) is -0.174. The molecule has 0 unspecified atom stereocenters. The SMILES string of the molecule is O=C(COc1cccc(F)c1)N/N=C1/C[C@H]2C=CC[C@H]12. The monoisotopic (exact) mass is 274 g/mol. The minimum absolute atomic E-state index is 0.174. The second-order valence-electron chi connectivity index (χ2n) is 5.02. The van der Waals surface area contributed by atoms with E-state index in [4.69, 9.17) is 4.74 Å². The van der Waals surface area contributed by atoms with Crippen molar-refractivity contribution in [2.24, 2.45) is 16.9 Å². The lowest BCUT2D eigenvalue weighted by molar-refractivity contribution is -0.123. The van der Waals surface area contributed by atoms with E-state index in [0.717, 1.165) is 18.6 Å². The molecule has 0 heterocycles. The van der Waals surface area contributed by atoms with Gasteiger partial charge in [-0.3, -0.25) is 4.79 Å². The predicted molar refractivity (Wildman–Crippen MR) is 72.8 cm³/mol. The molecule has 0 spiro atoms. The molecule has 20 heavy (non-hydrogen) atoms. The Morgan fingerprint density at radius 3 is 3.20 bits per heavy atom. The van der Waals surface area contributed by atoms with Gasteiger partial charge in [-0.05, 0) is 30.9 Å². The van der Waals surface area contributed by atoms with Gasteiger partial charge in [0, 0.05) is 17.7 Å². The number of nitrogens with zero attached hydrogens (tertiary/aromatic N) is 1. The number of halogens is 1. The predicted octanol–water partition coefficient (Wildman–Crippen LogP) is 2.27. The highest BCUT2D eigenvalue weighted by Crippen LogP contribution is 2.39. The van der Waals surface area contributed by atoms with Crippen molar-refractivity contribution in [2.75, 3.05) is 6.61 Å². The standard InChI is InChI=1S/C15H15FN2O2/c16-11-4-2-5-12(8-11)20-9-15(19)18-17-14-7-10-3-1-6-13(10)14/h1-5,8,10,13H,6-7,9H2,(H,18,19)/b17-14-/t10-,13+/m1/s1. The van der Waals surface area contributed by atoms with Crippen molar-refractivity contribution in [2.45, 2.75) is 12.8 Å². The molecule has 0 aromatic heterocycles. The van der Waals surface area contributed by atoms with Crippen LogP contribution in [0.2, 0.25) is 0 Å². The van der Waals surface area contributed by atoms with Gasteiger partial charge in [0.2, 0.25) is 0 Å². The Labute approximate surface area is 116 Å². The van der Waals surface area contributed by atoms with Gasteiger partial charge in [0.1, 0.15) is 11.6 Å². The number of benzene rings is 1. The fraction of sp³-hybridized carbons (Fsp3) is 0.333. The molecule has 1 aromatic rings. The van der Waals surface area contributed by atoms with Crippen LogP contribution in [-0.4, -0.2) is 18.2 Å². The van der Waals surface area contributed by atoms with Gasteiger partial charge in [-0.1, -0.05) is 18.2 Å². The Morgan fingerprint density at radius 2 is 2.40 bits per heavy atom. The quantitative estimate of drug-likeness (QED) is 0.676. The summed E-state index contributed by atoms with van der Waals surface area (Å²) in [6, 6.07) is 5.69. The zero-order chi connectivity index (χ0) is 13.9. The van der Waals surface area contributed by atoms with Gasteiger partial charge in [-0.25, -0.2) is 9.82 Å². The van der Waals surface area contributed by atoms with E-state index in [1.807, 2.05) is 0 Å². The number of nitrogens with one attached hydrogen (secondary N) is 1. The lowest BCUT2D eigenvalue weighted by atomic mass is 9.74. The third-order valence-electron chi connectivity index (χ3n) is 3.65. The van der Waals surface area contributed by atoms with E-state index >= 15 is 0 Å². The Balaban J connectivity index is 1.45. The number of carbonyl (C=O) groups excluding carboxylic acids is 1. The normalized spacial score (nSPS) is 25.1. The van der Waals surface area contributed by atoms with Crippen LogP contribution in [0.15, 0.2) is 41.5 Å². The maximum Gasteiger partial charge on any atom is 0.277 e. The van der Waals surface area contributed by atoms with Crippen LogP contribution in [0.3, 0.4) is 0 Å². The maximum atomic E-state index is 12.9. The molecule has 0 saturated heterocycles. The molecular formula is C15H15FN2O2. The molecule has 3 rings (SSSR count). The zero-order valence-electron chi connectivity index (χ0n) is 10.9. The van der Waals surface area contributed by atoms with Crippen LogP contribution >= 0.6 is 0 Å². The van der Waals surface area contributed by atoms with Crippen LogP contribution in [0.25, 0.3) is 0 Å². The molecule has 1 aromatic carbocycles. The van der Waals surface area contributed by atoms with E-state index in [0.29, 0.717) is 17.6 Å². The summed E-state index contributed by atoms with van der Waals surface area (Å²) in [4.78, 5) is 11.6. The van der Waals surface area contributed by atoms with Crippen molar-refractivity contribution in [1.82, 2.24) is 5.43 Å². The second-order valence-corrected chi connectivity index (χ2v) is 5.02. The number of hydrogen-bond acceptors (Lipinski definition) is 3. The lowest BCUT2D eigenvalue weighted by Gasteiger charge is -2.31. The Bertz CT molecular complexity index is 583. The first-order chi connectivity index (χ1) is 9.72. The van der Waals surface area contributed by atoms with Gasteiger partial charge in [-0.2, -0.15) is 5.10 Å². The minimum Gasteiger partial charge on any atom is -0.484 e. The summed E-state index contributed by atoms with van der Waals surface area (Å²) in [5.41, 5.74) is 3.53. The van der Waals surface area contributed by atoms with E-state index in [2.05, 4.69) is 22.7 Å². The van der Waals surface area contributed by atoms with Crippen molar-refractivity contribution in [3.63, 3.8) is 0 Å². The lowest BCUT2D eigenvalue weighted by Crippen LogP contribution is -2.36. The van der Waals surface area contributed by atoms with E-state index in [9.17, 15) is 9.18 Å². The van der Waals surface area contributed by atoms with Crippen LogP contribution in [-0.2, 0) is 4.79 Å². The average Bonchev–Trinajstić information content (AvgIpc) is 2.78. The fourth-order valence-corrected chi connectivity index (χ4v) is 2.54. The van der Waals surface area contributed by atoms with Gasteiger partial charge in [-0.15, -0.1) is 0 Å². The summed E-state index contributed by atoms with van der Waals surface area (Å²) in [5, 5.41) is 4.12. The van der Waals surface area contributed by atoms with Gasteiger partial charge >= 0.3 is 0 Å². The van der Waals surface area contributed by atoms with Crippen molar-refractivity contribution in [1.29, 1.82) is 0 Å². The van der Waals surface area contributed by atoms with Crippen molar-refractivity contribution in [3.05, 3.63) is 42.2 Å². The molecule has 0 radical (unpaired) electrons. The van der Waals surface area contributed by atoms with Crippen LogP contribution in [0.5, 0.6) is 5.75 Å². The Hall–Kier alpha value is -2.17. The summed E-state index contributed by atoms with van der Waals surface area (Å²) >= 11 is 0. The van der Waals surface area contributed by atoms with E-state index in [-0.39, 0.29) is 12.5 Å². The molecule has 2 aliphatic rings. The Morgan fingerprint density at radius 1 is 1.50 bits per heavy atom. The first-order valence-electron chi connectivity index (χ1n) is 6.63. The molecule has 104 valence electrons. The van der Waals surface area contributed by atoms with E-state index in [1.54, 1.807) is 6.07 Å². The summed E-state index contributed by atoms with van der Waals surface area (Å²) < 4.78 is 18.1. The van der Waals surface area contributed by atoms with E-state index < -0.39 is 5.82 Å². The number of allylic oxidation sites excluding steroid dienone is 2. The van der Waals surface area contributed by atoms with Gasteiger partial charge < -0.3 is 4.74 Å². The number of amides is 1. The van der Waals surface area contributed by atoms with Gasteiger partial charge in [0.25, 0.3) is 5.91 Å². The highest BCUT2D eigenvalue weighted by molar-refractivity contribution is 5.94. The van der Waals surface area contributed by atoms with Gasteiger partial charge in [0.05, 0.1) is 0 Å². The molecule has 0 bridgehead atoms. The van der Waals surface area contributed by atoms with Crippen molar-refractivity contribution >= 4 is 11.6 Å². The van der Waals surface area contributed by atoms with Gasteiger partial charge in [0.15, 0.2) is 6.61 Å². The third kappa shape index (κ3) is 2.71. The molecule has 0 aliphatic heterocycles. The Kier molecular flexibility index (Phi) is 3.50. The number of ether oxygens (including phenoxy) is 1. The fourth-order valence-electron chi connectivity index (χ4n) is 2.54. The highest BCUT2D eigenvalue weighted by atomic mass is 19.1. The number of rotatable bonds is 4. The van der Waals surface area contributed by atoms with Crippen LogP contribution < -0.4 is 10.2 Å². The zero-order valence-corrected chi connectivity index (χ0v) is 10.9. The van der Waals surface area contributed by atoms with Crippen LogP contribution in [0.1, 0.15) is 12.8 Å². The maximum absolute atomic E-state index is 12.9. The van der Waals surface area contributed by atoms with E-state index in [1.165, 1.54) is 18.2 Å². The molecule has 2 aliphatic carbocycles. The third-order valence-corrected chi connectivity index (χ3v) is 3.65. The molecule has 5 heteroatoms. The summed E-state index contributed by atoms with van der Waals surface area (Å²) in [6.07, 6.45) is 6.30. The van der Waals surface area contributed by atoms with Crippen molar-refractivity contribution < 1.29 is 13.9 Å². The topological polar surface area (TPSA) is 50.7 Å². The first-order valence-corrected chi connectivity index (χ1v) is 6.63. The van der Waals surface area contributed by atoms with Crippen molar-refractivity contribution in [3.8, 4) is 5.75 Å². The number of hydrogen-bond donors (Lipinski definition) is 1. The molecule has 2 atom stereocenters. The van der Waals surface area contributed by atoms with Crippen LogP contribution in [0.4, 0.5) is 4.39 Å². The molecule has 1 fully saturated rings. The molecule has 1 amide bonds. The molecular weight excluding hydrogens is 259 g/mol. The van der Waals surface area contributed by atoms with Crippen LogP contribution in [0, 0.1) is 17.7 Å².